The fourth-order valence-corrected chi connectivity index (χ4v) is 18.9. The molecular formula is H2O6S4Te. The molecule has 68 valence electrons. The van der Waals surface area contributed by atoms with Crippen LogP contribution in [-0.4, -0.2) is 44.1 Å². The van der Waals surface area contributed by atoms with E-state index in [0.29, 0.717) is 0 Å². The van der Waals surface area contributed by atoms with E-state index in [2.05, 4.69) is 0 Å². The summed E-state index contributed by atoms with van der Waals surface area (Å²) < 4.78 is 56.1. The molecule has 0 unspecified atom stereocenters. The molecule has 11 heteroatoms. The molecule has 6 nitrogen and oxygen atoms in total. The van der Waals surface area contributed by atoms with Crippen LogP contribution in [0.5, 0.6) is 0 Å². The summed E-state index contributed by atoms with van der Waals surface area (Å²) in [5.41, 5.74) is 0. The fourth-order valence-electron chi connectivity index (χ4n) is 0.0815. The van der Waals surface area contributed by atoms with Gasteiger partial charge in [-0.15, -0.1) is 0 Å². The Morgan fingerprint density at radius 2 is 1.18 bits per heavy atom. The Kier molecular flexibility index (Phi) is 5.06. The van der Waals surface area contributed by atoms with Gasteiger partial charge in [0.15, 0.2) is 0 Å². The van der Waals surface area contributed by atoms with Gasteiger partial charge in [-0.2, -0.15) is 0 Å². The van der Waals surface area contributed by atoms with Crippen molar-refractivity contribution in [2.75, 3.05) is 0 Å². The maximum absolute atomic E-state index is 9.98. The van der Waals surface area contributed by atoms with Crippen molar-refractivity contribution < 1.29 is 25.9 Å². The third-order valence-corrected chi connectivity index (χ3v) is 20.4. The van der Waals surface area contributed by atoms with E-state index < -0.39 is 36.5 Å². The van der Waals surface area contributed by atoms with Crippen molar-refractivity contribution in [3.8, 4) is 0 Å². The predicted octanol–water partition coefficient (Wildman–Crippen LogP) is -0.407. The molecule has 0 radical (unpaired) electrons. The summed E-state index contributed by atoms with van der Waals surface area (Å²) in [7, 11) is -8.05. The quantitative estimate of drug-likeness (QED) is 0.399. The Morgan fingerprint density at radius 1 is 0.909 bits per heavy atom. The standard InChI is InChI=1S/H2O6S4Te/c1-9(2,3)7-11-8-10(4,5)6/h(H,1,2,3)(H,4,5,6). The van der Waals surface area contributed by atoms with Gasteiger partial charge in [-0.1, -0.05) is 0 Å². The van der Waals surface area contributed by atoms with E-state index in [1.165, 1.54) is 0 Å². The normalized spacial score (nSPS) is 13.3. The van der Waals surface area contributed by atoms with Gasteiger partial charge in [-0.3, -0.25) is 0 Å². The molecule has 0 saturated heterocycles. The van der Waals surface area contributed by atoms with E-state index in [4.69, 9.17) is 9.11 Å². The van der Waals surface area contributed by atoms with E-state index in [9.17, 15) is 16.8 Å². The van der Waals surface area contributed by atoms with Crippen molar-refractivity contribution in [1.29, 1.82) is 0 Å². The SMILES string of the molecule is O=S(=O)(O)S[Te]SS(=O)(=O)O. The van der Waals surface area contributed by atoms with Crippen molar-refractivity contribution in [2.45, 2.75) is 0 Å². The van der Waals surface area contributed by atoms with E-state index in [1.807, 2.05) is 0 Å². The Bertz CT molecular complexity index is 263. The molecular weight excluding hydrogens is 352 g/mol. The van der Waals surface area contributed by atoms with Crippen molar-refractivity contribution in [3.05, 3.63) is 0 Å². The molecule has 0 aromatic carbocycles. The number of hydrogen-bond donors (Lipinski definition) is 2. The van der Waals surface area contributed by atoms with Gasteiger partial charge in [0.05, 0.1) is 0 Å². The molecule has 0 aliphatic rings. The summed E-state index contributed by atoms with van der Waals surface area (Å²) in [5.74, 6) is 0. The molecule has 0 spiro atoms. The summed E-state index contributed by atoms with van der Waals surface area (Å²) in [6.07, 6.45) is 0. The van der Waals surface area contributed by atoms with Crippen LogP contribution in [0, 0.1) is 0 Å². The zero-order valence-electron chi connectivity index (χ0n) is 4.57. The van der Waals surface area contributed by atoms with Gasteiger partial charge in [-0.25, -0.2) is 0 Å². The second-order valence-corrected chi connectivity index (χ2v) is 17.4. The first-order valence-corrected chi connectivity index (χ1v) is 12.8. The second-order valence-electron chi connectivity index (χ2n) is 1.06. The molecule has 0 aliphatic carbocycles. The summed E-state index contributed by atoms with van der Waals surface area (Å²) in [6.45, 7) is 0. The first kappa shape index (κ1) is 12.3. The summed E-state index contributed by atoms with van der Waals surface area (Å²) in [6, 6.07) is 0. The van der Waals surface area contributed by atoms with Crippen LogP contribution in [-0.2, 0) is 18.3 Å². The molecule has 0 aromatic rings. The molecule has 0 saturated carbocycles. The molecule has 0 amide bonds. The van der Waals surface area contributed by atoms with Crippen molar-refractivity contribution in [1.82, 2.24) is 0 Å². The minimum atomic E-state index is -4.17. The third kappa shape index (κ3) is 11.3. The van der Waals surface area contributed by atoms with Crippen LogP contribution in [0.4, 0.5) is 0 Å². The zero-order chi connectivity index (χ0) is 9.12. The number of rotatable bonds is 4. The van der Waals surface area contributed by atoms with Crippen LogP contribution >= 0.6 is 16.0 Å². The summed E-state index contributed by atoms with van der Waals surface area (Å²) >= 11 is -1.57. The van der Waals surface area contributed by atoms with Crippen LogP contribution in [0.15, 0.2) is 0 Å². The Balaban J connectivity index is 3.79. The van der Waals surface area contributed by atoms with Gasteiger partial charge in [0.2, 0.25) is 0 Å². The van der Waals surface area contributed by atoms with Crippen LogP contribution < -0.4 is 0 Å². The van der Waals surface area contributed by atoms with Crippen LogP contribution in [0.25, 0.3) is 0 Å². The second kappa shape index (κ2) is 4.52. The van der Waals surface area contributed by atoms with Crippen LogP contribution in [0.2, 0.25) is 0 Å². The molecule has 0 atom stereocenters. The van der Waals surface area contributed by atoms with Gasteiger partial charge in [0, 0.05) is 0 Å². The Morgan fingerprint density at radius 3 is 1.36 bits per heavy atom. The fraction of sp³-hybridized carbons (Fsp3) is 0. The molecule has 0 bridgehead atoms. The van der Waals surface area contributed by atoms with Gasteiger partial charge >= 0.3 is 78.5 Å². The maximum atomic E-state index is 9.98. The zero-order valence-corrected chi connectivity index (χ0v) is 10.2. The van der Waals surface area contributed by atoms with E-state index >= 15 is 0 Å². The predicted molar refractivity (Wildman–Crippen MR) is 44.0 cm³/mol. The van der Waals surface area contributed by atoms with Gasteiger partial charge in [0.1, 0.15) is 0 Å². The first-order valence-electron chi connectivity index (χ1n) is 1.70. The average molecular weight is 354 g/mol. The summed E-state index contributed by atoms with van der Waals surface area (Å²) in [5, 5.41) is 0. The van der Waals surface area contributed by atoms with Gasteiger partial charge < -0.3 is 0 Å². The van der Waals surface area contributed by atoms with Gasteiger partial charge in [0.25, 0.3) is 0 Å². The topological polar surface area (TPSA) is 109 Å². The molecule has 2 N–H and O–H groups in total. The van der Waals surface area contributed by atoms with Crippen LogP contribution in [0.3, 0.4) is 0 Å². The molecule has 11 heavy (non-hydrogen) atoms. The van der Waals surface area contributed by atoms with Crippen molar-refractivity contribution in [2.24, 2.45) is 0 Å². The number of hydrogen-bond acceptors (Lipinski definition) is 6. The first-order chi connectivity index (χ1) is 4.71. The van der Waals surface area contributed by atoms with Crippen molar-refractivity contribution >= 4 is 52.5 Å². The minimum absolute atomic E-state index is 0.142. The van der Waals surface area contributed by atoms with Crippen molar-refractivity contribution in [3.63, 3.8) is 0 Å². The molecule has 0 aliphatic heterocycles. The van der Waals surface area contributed by atoms with E-state index in [-0.39, 0.29) is 16.0 Å². The molecule has 0 heterocycles. The van der Waals surface area contributed by atoms with E-state index in [0.717, 1.165) is 0 Å². The third-order valence-electron chi connectivity index (χ3n) is 0.228. The molecule has 0 fully saturated rings. The summed E-state index contributed by atoms with van der Waals surface area (Å²) in [4.78, 5) is 0. The monoisotopic (exact) mass is 356 g/mol. The van der Waals surface area contributed by atoms with E-state index in [1.54, 1.807) is 0 Å². The molecule has 0 rings (SSSR count). The average Bonchev–Trinajstić information content (AvgIpc) is 1.55. The van der Waals surface area contributed by atoms with Crippen LogP contribution in [0.1, 0.15) is 0 Å². The van der Waals surface area contributed by atoms with Gasteiger partial charge in [-0.05, 0) is 0 Å². The Labute approximate surface area is 77.8 Å². The molecule has 0 aromatic heterocycles. The Hall–Kier alpha value is 1.31.